The highest BCUT2D eigenvalue weighted by Gasteiger charge is 2.18. The number of para-hydroxylation sites is 1. The molecule has 0 spiro atoms. The quantitative estimate of drug-likeness (QED) is 0.804. The van der Waals surface area contributed by atoms with Gasteiger partial charge in [-0.3, -0.25) is 0 Å². The van der Waals surface area contributed by atoms with Crippen molar-refractivity contribution in [3.8, 4) is 5.75 Å². The van der Waals surface area contributed by atoms with Gasteiger partial charge in [-0.2, -0.15) is 0 Å². The van der Waals surface area contributed by atoms with Crippen molar-refractivity contribution < 1.29 is 4.74 Å². The van der Waals surface area contributed by atoms with Crippen molar-refractivity contribution in [3.05, 3.63) is 59.2 Å². The van der Waals surface area contributed by atoms with Crippen LogP contribution in [0.3, 0.4) is 0 Å². The van der Waals surface area contributed by atoms with Crippen LogP contribution in [0.25, 0.3) is 0 Å². The highest BCUT2D eigenvalue weighted by molar-refractivity contribution is 5.52. The second-order valence-corrected chi connectivity index (χ2v) is 5.05. The average Bonchev–Trinajstić information content (AvgIpc) is 2.47. The molecule has 0 atom stereocenters. The van der Waals surface area contributed by atoms with Crippen LogP contribution in [-0.2, 0) is 13.0 Å². The van der Waals surface area contributed by atoms with Gasteiger partial charge in [-0.1, -0.05) is 37.3 Å². The minimum atomic E-state index is 0.628. The van der Waals surface area contributed by atoms with E-state index in [1.807, 2.05) is 0 Å². The Kier molecular flexibility index (Phi) is 3.16. The van der Waals surface area contributed by atoms with Crippen molar-refractivity contribution in [2.75, 3.05) is 11.6 Å². The summed E-state index contributed by atoms with van der Waals surface area (Å²) in [6.45, 7) is 5.83. The van der Waals surface area contributed by atoms with Crippen LogP contribution in [0.5, 0.6) is 5.75 Å². The first-order chi connectivity index (χ1) is 9.28. The summed E-state index contributed by atoms with van der Waals surface area (Å²) in [5, 5.41) is 0. The molecule has 0 aliphatic carbocycles. The van der Waals surface area contributed by atoms with E-state index in [-0.39, 0.29) is 0 Å². The molecule has 0 aromatic heterocycles. The third kappa shape index (κ3) is 2.30. The Labute approximate surface area is 114 Å². The van der Waals surface area contributed by atoms with Crippen LogP contribution >= 0.6 is 0 Å². The Morgan fingerprint density at radius 1 is 1.11 bits per heavy atom. The number of aryl methyl sites for hydroxylation is 2. The van der Waals surface area contributed by atoms with Crippen LogP contribution in [0, 0.1) is 6.92 Å². The normalized spacial score (nSPS) is 13.9. The number of ether oxygens (including phenoxy) is 1. The summed E-state index contributed by atoms with van der Waals surface area (Å²) < 4.78 is 5.90. The fraction of sp³-hybridized carbons (Fsp3) is 0.294. The molecule has 0 unspecified atom stereocenters. The number of hydrogen-bond acceptors (Lipinski definition) is 2. The molecule has 98 valence electrons. The first-order valence-electron chi connectivity index (χ1n) is 6.83. The van der Waals surface area contributed by atoms with Gasteiger partial charge in [0.25, 0.3) is 0 Å². The molecule has 19 heavy (non-hydrogen) atoms. The molecule has 1 heterocycles. The smallest absolute Gasteiger partial charge is 0.161 e. The number of fused-ring (bicyclic) bond motifs is 1. The van der Waals surface area contributed by atoms with Crippen molar-refractivity contribution in [2.24, 2.45) is 0 Å². The minimum absolute atomic E-state index is 0.628. The van der Waals surface area contributed by atoms with E-state index >= 15 is 0 Å². The fourth-order valence-electron chi connectivity index (χ4n) is 2.55. The lowest BCUT2D eigenvalue weighted by molar-refractivity contribution is 0.287. The summed E-state index contributed by atoms with van der Waals surface area (Å²) in [6, 6.07) is 15.1. The number of hydrogen-bond donors (Lipinski definition) is 0. The van der Waals surface area contributed by atoms with Crippen molar-refractivity contribution in [2.45, 2.75) is 26.8 Å². The molecule has 3 rings (SSSR count). The first kappa shape index (κ1) is 12.1. The van der Waals surface area contributed by atoms with Crippen LogP contribution in [0.2, 0.25) is 0 Å². The van der Waals surface area contributed by atoms with Crippen LogP contribution in [0.15, 0.2) is 42.5 Å². The summed E-state index contributed by atoms with van der Waals surface area (Å²) in [6.07, 6.45) is 1.08. The molecule has 2 aromatic carbocycles. The largest absolute Gasteiger partial charge is 0.472 e. The standard InChI is InChI=1S/C17H19NO/c1-3-14-7-9-16(10-8-14)18-11-15-6-4-5-13(2)17(15)19-12-18/h4-10H,3,11-12H2,1-2H3. The minimum Gasteiger partial charge on any atom is -0.472 e. The Bertz CT molecular complexity index is 574. The van der Waals surface area contributed by atoms with Crippen LogP contribution in [0.4, 0.5) is 5.69 Å². The van der Waals surface area contributed by atoms with Crippen molar-refractivity contribution in [3.63, 3.8) is 0 Å². The zero-order valence-electron chi connectivity index (χ0n) is 11.5. The lowest BCUT2D eigenvalue weighted by Gasteiger charge is -2.31. The summed E-state index contributed by atoms with van der Waals surface area (Å²) in [5.74, 6) is 1.06. The molecule has 1 aliphatic heterocycles. The second kappa shape index (κ2) is 4.96. The summed E-state index contributed by atoms with van der Waals surface area (Å²) in [7, 11) is 0. The Morgan fingerprint density at radius 2 is 1.89 bits per heavy atom. The highest BCUT2D eigenvalue weighted by atomic mass is 16.5. The first-order valence-corrected chi connectivity index (χ1v) is 6.83. The van der Waals surface area contributed by atoms with Gasteiger partial charge >= 0.3 is 0 Å². The van der Waals surface area contributed by atoms with E-state index in [2.05, 4.69) is 61.2 Å². The number of nitrogens with zero attached hydrogens (tertiary/aromatic N) is 1. The van der Waals surface area contributed by atoms with Crippen LogP contribution < -0.4 is 9.64 Å². The zero-order valence-corrected chi connectivity index (χ0v) is 11.5. The molecule has 0 N–H and O–H groups in total. The predicted octanol–water partition coefficient (Wildman–Crippen LogP) is 3.91. The zero-order chi connectivity index (χ0) is 13.2. The molecular formula is C17H19NO. The molecule has 0 bridgehead atoms. The Morgan fingerprint density at radius 3 is 2.63 bits per heavy atom. The maximum absolute atomic E-state index is 5.90. The number of benzene rings is 2. The van der Waals surface area contributed by atoms with Crippen LogP contribution in [-0.4, -0.2) is 6.73 Å². The Hall–Kier alpha value is -1.96. The molecule has 2 aromatic rings. The molecule has 0 fully saturated rings. The molecule has 1 aliphatic rings. The lowest BCUT2D eigenvalue weighted by Crippen LogP contribution is -2.32. The Balaban J connectivity index is 1.85. The highest BCUT2D eigenvalue weighted by Crippen LogP contribution is 2.30. The third-order valence-corrected chi connectivity index (χ3v) is 3.73. The third-order valence-electron chi connectivity index (χ3n) is 3.73. The average molecular weight is 253 g/mol. The van der Waals surface area contributed by atoms with Gasteiger partial charge in [-0.15, -0.1) is 0 Å². The SMILES string of the molecule is CCc1ccc(N2COc3c(C)cccc3C2)cc1. The van der Waals surface area contributed by atoms with Crippen molar-refractivity contribution in [1.29, 1.82) is 0 Å². The van der Waals surface area contributed by atoms with E-state index in [1.165, 1.54) is 22.4 Å². The fourth-order valence-corrected chi connectivity index (χ4v) is 2.55. The topological polar surface area (TPSA) is 12.5 Å². The molecule has 0 saturated carbocycles. The van der Waals surface area contributed by atoms with Crippen molar-refractivity contribution >= 4 is 5.69 Å². The van der Waals surface area contributed by atoms with E-state index in [0.29, 0.717) is 6.73 Å². The van der Waals surface area contributed by atoms with Gasteiger partial charge in [0.1, 0.15) is 5.75 Å². The molecule has 2 nitrogen and oxygen atoms in total. The van der Waals surface area contributed by atoms with Gasteiger partial charge in [0, 0.05) is 17.8 Å². The van der Waals surface area contributed by atoms with E-state index in [9.17, 15) is 0 Å². The van der Waals surface area contributed by atoms with Gasteiger partial charge < -0.3 is 9.64 Å². The van der Waals surface area contributed by atoms with Gasteiger partial charge in [-0.25, -0.2) is 0 Å². The van der Waals surface area contributed by atoms with E-state index in [4.69, 9.17) is 4.74 Å². The molecule has 0 radical (unpaired) electrons. The second-order valence-electron chi connectivity index (χ2n) is 5.05. The number of anilines is 1. The van der Waals surface area contributed by atoms with E-state index in [0.717, 1.165) is 18.7 Å². The number of rotatable bonds is 2. The molecule has 2 heteroatoms. The maximum atomic E-state index is 5.90. The van der Waals surface area contributed by atoms with E-state index in [1.54, 1.807) is 0 Å². The van der Waals surface area contributed by atoms with E-state index < -0.39 is 0 Å². The predicted molar refractivity (Wildman–Crippen MR) is 78.7 cm³/mol. The van der Waals surface area contributed by atoms with Crippen molar-refractivity contribution in [1.82, 2.24) is 0 Å². The summed E-state index contributed by atoms with van der Waals surface area (Å²) in [5.41, 5.74) is 5.09. The monoisotopic (exact) mass is 253 g/mol. The lowest BCUT2D eigenvalue weighted by atomic mass is 10.1. The van der Waals surface area contributed by atoms with Gasteiger partial charge in [0.2, 0.25) is 0 Å². The van der Waals surface area contributed by atoms with Gasteiger partial charge in [-0.05, 0) is 36.6 Å². The summed E-state index contributed by atoms with van der Waals surface area (Å²) >= 11 is 0. The van der Waals surface area contributed by atoms with Crippen LogP contribution in [0.1, 0.15) is 23.6 Å². The molecule has 0 saturated heterocycles. The molecular weight excluding hydrogens is 234 g/mol. The molecule has 0 amide bonds. The van der Waals surface area contributed by atoms with Gasteiger partial charge in [0.15, 0.2) is 6.73 Å². The summed E-state index contributed by atoms with van der Waals surface area (Å²) in [4.78, 5) is 2.27. The maximum Gasteiger partial charge on any atom is 0.161 e. The van der Waals surface area contributed by atoms with Gasteiger partial charge in [0.05, 0.1) is 0 Å².